The number of carboxylic acid groups (broad SMARTS) is 1. The van der Waals surface area contributed by atoms with Crippen LogP contribution in [-0.2, 0) is 4.79 Å². The van der Waals surface area contributed by atoms with Crippen molar-refractivity contribution in [2.45, 2.75) is 6.42 Å². The highest BCUT2D eigenvalue weighted by Crippen LogP contribution is 2.23. The number of carbonyl (C=O) groups is 1. The van der Waals surface area contributed by atoms with Crippen molar-refractivity contribution in [3.63, 3.8) is 0 Å². The van der Waals surface area contributed by atoms with Gasteiger partial charge >= 0.3 is 5.97 Å². The van der Waals surface area contributed by atoms with E-state index in [9.17, 15) is 9.90 Å². The quantitative estimate of drug-likeness (QED) is 0.360. The van der Waals surface area contributed by atoms with Crippen molar-refractivity contribution in [1.82, 2.24) is 0 Å². The van der Waals surface area contributed by atoms with Crippen molar-refractivity contribution in [3.8, 4) is 34.8 Å². The van der Waals surface area contributed by atoms with E-state index in [-0.39, 0.29) is 12.4 Å². The monoisotopic (exact) mass is 452 g/mol. The Morgan fingerprint density at radius 3 is 2.31 bits per heavy atom. The summed E-state index contributed by atoms with van der Waals surface area (Å²) in [4.78, 5) is 10.5. The van der Waals surface area contributed by atoms with Crippen LogP contribution in [0.25, 0.3) is 0 Å². The Morgan fingerprint density at radius 2 is 1.59 bits per heavy atom. The lowest BCUT2D eigenvalue weighted by Crippen LogP contribution is -2.09. The lowest BCUT2D eigenvalue weighted by Gasteiger charge is -2.10. The summed E-state index contributed by atoms with van der Waals surface area (Å²) in [5.74, 6) is 6.78. The second-order valence-electron chi connectivity index (χ2n) is 6.65. The summed E-state index contributed by atoms with van der Waals surface area (Å²) in [5, 5.41) is 19.0. The van der Waals surface area contributed by atoms with Gasteiger partial charge in [0.05, 0.1) is 18.8 Å². The summed E-state index contributed by atoms with van der Waals surface area (Å²) in [6.45, 7) is 0.438. The fourth-order valence-electron chi connectivity index (χ4n) is 2.66. The molecule has 0 bridgehead atoms. The van der Waals surface area contributed by atoms with Crippen LogP contribution in [-0.4, -0.2) is 36.0 Å². The van der Waals surface area contributed by atoms with Crippen molar-refractivity contribution in [2.24, 2.45) is 0 Å². The molecule has 0 saturated heterocycles. The highest BCUT2D eigenvalue weighted by Gasteiger charge is 2.04. The largest absolute Gasteiger partial charge is 0.508 e. The van der Waals surface area contributed by atoms with E-state index in [0.717, 1.165) is 5.56 Å². The van der Waals surface area contributed by atoms with Gasteiger partial charge in [-0.3, -0.25) is 0 Å². The molecule has 0 aromatic heterocycles. The molecule has 3 aromatic carbocycles. The highest BCUT2D eigenvalue weighted by molar-refractivity contribution is 6.30. The third kappa shape index (κ3) is 7.46. The Labute approximate surface area is 190 Å². The van der Waals surface area contributed by atoms with Crippen LogP contribution in [0.2, 0.25) is 5.02 Å². The number of halogens is 1. The van der Waals surface area contributed by atoms with Crippen LogP contribution in [0.15, 0.2) is 66.7 Å². The number of hydrogen-bond acceptors (Lipinski definition) is 5. The molecular formula is C25H21ClO6. The van der Waals surface area contributed by atoms with Crippen molar-refractivity contribution in [3.05, 3.63) is 82.9 Å². The number of ether oxygens (including phenoxy) is 3. The zero-order valence-corrected chi connectivity index (χ0v) is 17.8. The molecule has 0 amide bonds. The third-order valence-electron chi connectivity index (χ3n) is 4.13. The summed E-state index contributed by atoms with van der Waals surface area (Å²) in [6, 6.07) is 18.7. The smallest absolute Gasteiger partial charge is 0.341 e. The molecule has 164 valence electrons. The molecule has 0 fully saturated rings. The number of benzene rings is 3. The minimum absolute atomic E-state index is 0.104. The number of carboxylic acids is 1. The van der Waals surface area contributed by atoms with E-state index in [1.54, 1.807) is 54.6 Å². The van der Waals surface area contributed by atoms with Gasteiger partial charge in [-0.1, -0.05) is 29.5 Å². The van der Waals surface area contributed by atoms with Gasteiger partial charge in [-0.15, -0.1) is 0 Å². The van der Waals surface area contributed by atoms with Gasteiger partial charge in [-0.05, 0) is 60.7 Å². The predicted molar refractivity (Wildman–Crippen MR) is 121 cm³/mol. The number of aromatic hydroxyl groups is 1. The highest BCUT2D eigenvalue weighted by atomic mass is 35.5. The van der Waals surface area contributed by atoms with Crippen molar-refractivity contribution >= 4 is 17.6 Å². The molecule has 3 aromatic rings. The van der Waals surface area contributed by atoms with Crippen molar-refractivity contribution in [2.75, 3.05) is 19.8 Å². The Morgan fingerprint density at radius 1 is 0.875 bits per heavy atom. The first-order valence-corrected chi connectivity index (χ1v) is 10.2. The molecule has 0 aliphatic carbocycles. The average Bonchev–Trinajstić information content (AvgIpc) is 2.78. The van der Waals surface area contributed by atoms with Gasteiger partial charge in [0.15, 0.2) is 6.61 Å². The van der Waals surface area contributed by atoms with Crippen LogP contribution in [0, 0.1) is 11.8 Å². The van der Waals surface area contributed by atoms with E-state index in [1.165, 1.54) is 0 Å². The van der Waals surface area contributed by atoms with Gasteiger partial charge in [0.25, 0.3) is 0 Å². The summed E-state index contributed by atoms with van der Waals surface area (Å²) in [6.07, 6.45) is 0.624. The Balaban J connectivity index is 1.49. The van der Waals surface area contributed by atoms with Gasteiger partial charge in [0, 0.05) is 17.0 Å². The van der Waals surface area contributed by atoms with Crippen molar-refractivity contribution in [1.29, 1.82) is 0 Å². The maximum Gasteiger partial charge on any atom is 0.341 e. The molecule has 3 rings (SSSR count). The second kappa shape index (κ2) is 11.5. The first kappa shape index (κ1) is 22.9. The molecule has 2 N–H and O–H groups in total. The van der Waals surface area contributed by atoms with E-state index >= 15 is 0 Å². The fraction of sp³-hybridized carbons (Fsp3) is 0.160. The first-order valence-electron chi connectivity index (χ1n) is 9.80. The third-order valence-corrected chi connectivity index (χ3v) is 4.37. The van der Waals surface area contributed by atoms with Gasteiger partial charge in [0.2, 0.25) is 0 Å². The normalized spacial score (nSPS) is 10.0. The Hall–Kier alpha value is -3.82. The summed E-state index contributed by atoms with van der Waals surface area (Å²) in [5.41, 5.74) is 1.34. The molecule has 0 radical (unpaired) electrons. The van der Waals surface area contributed by atoms with Crippen LogP contribution in [0.5, 0.6) is 23.0 Å². The van der Waals surface area contributed by atoms with E-state index in [0.29, 0.717) is 47.5 Å². The minimum atomic E-state index is -1.03. The average molecular weight is 453 g/mol. The van der Waals surface area contributed by atoms with Gasteiger partial charge in [-0.2, -0.15) is 0 Å². The maximum atomic E-state index is 10.5. The zero-order chi connectivity index (χ0) is 22.8. The van der Waals surface area contributed by atoms with Gasteiger partial charge < -0.3 is 24.4 Å². The molecule has 0 heterocycles. The van der Waals surface area contributed by atoms with E-state index in [4.69, 9.17) is 30.9 Å². The summed E-state index contributed by atoms with van der Waals surface area (Å²) >= 11 is 5.99. The van der Waals surface area contributed by atoms with Crippen molar-refractivity contribution < 1.29 is 29.2 Å². The molecule has 0 unspecified atom stereocenters. The predicted octanol–water partition coefficient (Wildman–Crippen LogP) is 4.76. The molecule has 0 spiro atoms. The zero-order valence-electron chi connectivity index (χ0n) is 17.1. The number of aliphatic carboxylic acids is 1. The van der Waals surface area contributed by atoms with Gasteiger partial charge in [0.1, 0.15) is 23.0 Å². The molecule has 0 aliphatic rings. The molecule has 32 heavy (non-hydrogen) atoms. The number of phenols is 1. The number of hydrogen-bond donors (Lipinski definition) is 2. The first-order chi connectivity index (χ1) is 15.5. The van der Waals surface area contributed by atoms with E-state index in [2.05, 4.69) is 11.8 Å². The second-order valence-corrected chi connectivity index (χ2v) is 7.08. The minimum Gasteiger partial charge on any atom is -0.508 e. The number of phenolic OH excluding ortho intramolecular Hbond substituents is 1. The fourth-order valence-corrected chi connectivity index (χ4v) is 2.85. The van der Waals surface area contributed by atoms with Crippen LogP contribution < -0.4 is 14.2 Å². The van der Waals surface area contributed by atoms with E-state index < -0.39 is 5.97 Å². The van der Waals surface area contributed by atoms with E-state index in [1.807, 2.05) is 12.1 Å². The molecular weight excluding hydrogens is 432 g/mol. The van der Waals surface area contributed by atoms with Crippen LogP contribution in [0.3, 0.4) is 0 Å². The summed E-state index contributed by atoms with van der Waals surface area (Å²) < 4.78 is 16.6. The Bertz CT molecular complexity index is 1120. The number of rotatable bonds is 9. The molecule has 0 atom stereocenters. The molecule has 0 aliphatic heterocycles. The van der Waals surface area contributed by atoms with Crippen LogP contribution >= 0.6 is 11.6 Å². The van der Waals surface area contributed by atoms with Crippen LogP contribution in [0.4, 0.5) is 0 Å². The SMILES string of the molecule is O=C(O)COc1ccc(OCCCOc2ccc(O)cc2C#Cc2cccc(Cl)c2)cc1. The Kier molecular flexibility index (Phi) is 8.24. The molecule has 0 saturated carbocycles. The standard InChI is InChI=1S/C25H21ClO6/c26-20-4-1-3-18(15-20)5-6-19-16-21(27)7-12-24(19)31-14-2-13-30-22-8-10-23(11-9-22)32-17-25(28)29/h1,3-4,7-12,15-16,27H,2,13-14,17H2,(H,28,29). The topological polar surface area (TPSA) is 85.2 Å². The maximum absolute atomic E-state index is 10.5. The summed E-state index contributed by atoms with van der Waals surface area (Å²) in [7, 11) is 0. The molecule has 6 nitrogen and oxygen atoms in total. The van der Waals surface area contributed by atoms with Crippen LogP contribution in [0.1, 0.15) is 17.5 Å². The van der Waals surface area contributed by atoms with Gasteiger partial charge in [-0.25, -0.2) is 4.79 Å². The lowest BCUT2D eigenvalue weighted by atomic mass is 10.1. The molecule has 7 heteroatoms. The lowest BCUT2D eigenvalue weighted by molar-refractivity contribution is -0.139.